The minimum Gasteiger partial charge on any atom is -0.486 e. The summed E-state index contributed by atoms with van der Waals surface area (Å²) in [5.41, 5.74) is 1.14. The number of nitrogens with one attached hydrogen (secondary N) is 1. The zero-order valence-electron chi connectivity index (χ0n) is 14.0. The van der Waals surface area contributed by atoms with E-state index in [0.29, 0.717) is 25.2 Å². The van der Waals surface area contributed by atoms with E-state index in [-0.39, 0.29) is 5.91 Å². The minimum atomic E-state index is 0.185. The maximum Gasteiger partial charge on any atom is 0.219 e. The van der Waals surface area contributed by atoms with Crippen LogP contribution < -0.4 is 14.8 Å². The highest BCUT2D eigenvalue weighted by atomic mass is 16.6. The molecule has 2 atom stereocenters. The molecule has 3 rings (SSSR count). The smallest absolute Gasteiger partial charge is 0.219 e. The Hall–Kier alpha value is -1.75. The number of amides is 1. The third-order valence-corrected chi connectivity index (χ3v) is 4.91. The van der Waals surface area contributed by atoms with E-state index in [4.69, 9.17) is 9.47 Å². The Labute approximate surface area is 137 Å². The van der Waals surface area contributed by atoms with Crippen molar-refractivity contribution in [2.24, 2.45) is 5.92 Å². The van der Waals surface area contributed by atoms with Gasteiger partial charge in [0.25, 0.3) is 0 Å². The molecule has 23 heavy (non-hydrogen) atoms. The topological polar surface area (TPSA) is 50.8 Å². The van der Waals surface area contributed by atoms with Crippen LogP contribution in [0.4, 0.5) is 0 Å². The first-order valence-electron chi connectivity index (χ1n) is 8.55. The maximum absolute atomic E-state index is 11.6. The van der Waals surface area contributed by atoms with E-state index in [2.05, 4.69) is 18.3 Å². The summed E-state index contributed by atoms with van der Waals surface area (Å²) >= 11 is 0. The van der Waals surface area contributed by atoms with Crippen molar-refractivity contribution in [1.82, 2.24) is 10.2 Å². The summed E-state index contributed by atoms with van der Waals surface area (Å²) in [4.78, 5) is 13.5. The van der Waals surface area contributed by atoms with Gasteiger partial charge in [0.05, 0.1) is 0 Å². The molecule has 1 aromatic rings. The molecular weight excluding hydrogens is 292 g/mol. The first kappa shape index (κ1) is 16.1. The van der Waals surface area contributed by atoms with Crippen molar-refractivity contribution in [2.75, 3.05) is 26.3 Å². The van der Waals surface area contributed by atoms with Crippen LogP contribution in [0.5, 0.6) is 11.5 Å². The van der Waals surface area contributed by atoms with Gasteiger partial charge in [-0.2, -0.15) is 0 Å². The number of para-hydroxylation sites is 1. The van der Waals surface area contributed by atoms with Gasteiger partial charge in [-0.25, -0.2) is 0 Å². The second kappa shape index (κ2) is 7.21. The fourth-order valence-electron chi connectivity index (χ4n) is 3.51. The van der Waals surface area contributed by atoms with E-state index in [1.165, 1.54) is 0 Å². The van der Waals surface area contributed by atoms with Crippen LogP contribution in [0.2, 0.25) is 0 Å². The Bertz CT molecular complexity index is 561. The third kappa shape index (κ3) is 3.61. The molecule has 1 saturated heterocycles. The fourth-order valence-corrected chi connectivity index (χ4v) is 3.51. The van der Waals surface area contributed by atoms with Crippen molar-refractivity contribution in [2.45, 2.75) is 39.3 Å². The summed E-state index contributed by atoms with van der Waals surface area (Å²) in [5, 5.41) is 3.67. The molecule has 0 spiro atoms. The summed E-state index contributed by atoms with van der Waals surface area (Å²) in [5.74, 6) is 2.41. The predicted molar refractivity (Wildman–Crippen MR) is 88.7 cm³/mol. The van der Waals surface area contributed by atoms with Crippen LogP contribution in [0.15, 0.2) is 18.2 Å². The number of fused-ring (bicyclic) bond motifs is 1. The highest BCUT2D eigenvalue weighted by Gasteiger charge is 2.29. The van der Waals surface area contributed by atoms with Gasteiger partial charge >= 0.3 is 0 Å². The number of piperidine rings is 1. The lowest BCUT2D eigenvalue weighted by atomic mass is 9.89. The molecule has 1 aromatic carbocycles. The third-order valence-electron chi connectivity index (χ3n) is 4.91. The van der Waals surface area contributed by atoms with Gasteiger partial charge in [-0.15, -0.1) is 0 Å². The van der Waals surface area contributed by atoms with Crippen LogP contribution in [0.1, 0.15) is 32.3 Å². The first-order valence-corrected chi connectivity index (χ1v) is 8.55. The van der Waals surface area contributed by atoms with Crippen LogP contribution in [0.25, 0.3) is 0 Å². The molecule has 5 nitrogen and oxygen atoms in total. The molecule has 1 N–H and O–H groups in total. The highest BCUT2D eigenvalue weighted by Crippen LogP contribution is 2.33. The summed E-state index contributed by atoms with van der Waals surface area (Å²) < 4.78 is 11.4. The van der Waals surface area contributed by atoms with E-state index in [9.17, 15) is 4.79 Å². The summed E-state index contributed by atoms with van der Waals surface area (Å²) in [6, 6.07) is 6.50. The quantitative estimate of drug-likeness (QED) is 0.924. The largest absolute Gasteiger partial charge is 0.486 e. The average Bonchev–Trinajstić information content (AvgIpc) is 2.59. The summed E-state index contributed by atoms with van der Waals surface area (Å²) in [7, 11) is 0. The lowest BCUT2D eigenvalue weighted by Gasteiger charge is -2.38. The molecule has 1 fully saturated rings. The predicted octanol–water partition coefficient (Wildman–Crippen LogP) is 2.19. The summed E-state index contributed by atoms with van der Waals surface area (Å²) in [6.45, 7) is 7.56. The molecule has 1 amide bonds. The fraction of sp³-hybridized carbons (Fsp3) is 0.611. The second-order valence-corrected chi connectivity index (χ2v) is 6.35. The number of hydrogen-bond donors (Lipinski definition) is 1. The van der Waals surface area contributed by atoms with Crippen LogP contribution in [0.3, 0.4) is 0 Å². The van der Waals surface area contributed by atoms with Crippen molar-refractivity contribution >= 4 is 5.91 Å². The van der Waals surface area contributed by atoms with Gasteiger partial charge in [0.1, 0.15) is 13.2 Å². The van der Waals surface area contributed by atoms with Gasteiger partial charge in [-0.3, -0.25) is 4.79 Å². The van der Waals surface area contributed by atoms with Gasteiger partial charge in [-0.05, 0) is 18.4 Å². The van der Waals surface area contributed by atoms with Crippen LogP contribution in [0, 0.1) is 5.92 Å². The van der Waals surface area contributed by atoms with Crippen molar-refractivity contribution < 1.29 is 14.3 Å². The minimum absolute atomic E-state index is 0.185. The molecule has 0 radical (unpaired) electrons. The number of carbonyl (C=O) groups excluding carboxylic acids is 1. The standard InChI is InChI=1S/C18H26N2O3/c1-3-14-12-20(13(2)21)8-7-16(14)19-11-15-5-4-6-17-18(15)23-10-9-22-17/h4-6,14,16,19H,3,7-12H2,1-2H3/t14-,16-/m1/s1. The molecule has 0 aromatic heterocycles. The van der Waals surface area contributed by atoms with E-state index < -0.39 is 0 Å². The monoisotopic (exact) mass is 318 g/mol. The molecule has 5 heteroatoms. The Morgan fingerprint density at radius 2 is 2.17 bits per heavy atom. The van der Waals surface area contributed by atoms with Gasteiger partial charge in [-0.1, -0.05) is 25.5 Å². The SMILES string of the molecule is CC[C@@H]1CN(C(C)=O)CC[C@H]1NCc1cccc2c1OCCO2. The Morgan fingerprint density at radius 3 is 2.96 bits per heavy atom. The zero-order valence-corrected chi connectivity index (χ0v) is 14.0. The Kier molecular flexibility index (Phi) is 5.06. The highest BCUT2D eigenvalue weighted by molar-refractivity contribution is 5.73. The first-order chi connectivity index (χ1) is 11.2. The second-order valence-electron chi connectivity index (χ2n) is 6.35. The van der Waals surface area contributed by atoms with Crippen molar-refractivity contribution in [3.8, 4) is 11.5 Å². The lowest BCUT2D eigenvalue weighted by molar-refractivity contribution is -0.131. The number of ether oxygens (including phenoxy) is 2. The normalized spacial score (nSPS) is 23.7. The van der Waals surface area contributed by atoms with Crippen LogP contribution in [-0.2, 0) is 11.3 Å². The van der Waals surface area contributed by atoms with E-state index in [1.54, 1.807) is 6.92 Å². The average molecular weight is 318 g/mol. The van der Waals surface area contributed by atoms with Crippen LogP contribution in [-0.4, -0.2) is 43.2 Å². The van der Waals surface area contributed by atoms with Crippen molar-refractivity contribution in [3.63, 3.8) is 0 Å². The number of carbonyl (C=O) groups is 1. The van der Waals surface area contributed by atoms with E-state index >= 15 is 0 Å². The number of benzene rings is 1. The van der Waals surface area contributed by atoms with Crippen molar-refractivity contribution in [3.05, 3.63) is 23.8 Å². The Morgan fingerprint density at radius 1 is 1.35 bits per heavy atom. The molecule has 0 aliphatic carbocycles. The van der Waals surface area contributed by atoms with Gasteiger partial charge in [0.15, 0.2) is 11.5 Å². The molecule has 126 valence electrons. The molecule has 0 saturated carbocycles. The number of rotatable bonds is 4. The summed E-state index contributed by atoms with van der Waals surface area (Å²) in [6.07, 6.45) is 2.08. The molecule has 0 unspecified atom stereocenters. The van der Waals surface area contributed by atoms with E-state index in [1.807, 2.05) is 17.0 Å². The lowest BCUT2D eigenvalue weighted by Crippen LogP contribution is -2.50. The van der Waals surface area contributed by atoms with Crippen molar-refractivity contribution in [1.29, 1.82) is 0 Å². The molecule has 2 aliphatic heterocycles. The Balaban J connectivity index is 1.63. The molecule has 0 bridgehead atoms. The zero-order chi connectivity index (χ0) is 16.2. The molecular formula is C18H26N2O3. The number of likely N-dealkylation sites (tertiary alicyclic amines) is 1. The number of hydrogen-bond acceptors (Lipinski definition) is 4. The van der Waals surface area contributed by atoms with E-state index in [0.717, 1.165) is 49.5 Å². The van der Waals surface area contributed by atoms with Gasteiger partial charge in [0, 0.05) is 38.2 Å². The number of nitrogens with zero attached hydrogens (tertiary/aromatic N) is 1. The maximum atomic E-state index is 11.6. The molecule has 2 heterocycles. The van der Waals surface area contributed by atoms with Crippen LogP contribution >= 0.6 is 0 Å². The molecule has 2 aliphatic rings. The van der Waals surface area contributed by atoms with Gasteiger partial charge in [0.2, 0.25) is 5.91 Å². The van der Waals surface area contributed by atoms with Gasteiger partial charge < -0.3 is 19.7 Å².